The predicted molar refractivity (Wildman–Crippen MR) is 82.5 cm³/mol. The number of nitrogens with one attached hydrogen (secondary N) is 1. The van der Waals surface area contributed by atoms with Crippen LogP contribution in [0.25, 0.3) is 0 Å². The number of halogens is 2. The summed E-state index contributed by atoms with van der Waals surface area (Å²) in [5, 5.41) is 0. The molecule has 2 aromatic carbocycles. The van der Waals surface area contributed by atoms with Gasteiger partial charge >= 0.3 is 0 Å². The summed E-state index contributed by atoms with van der Waals surface area (Å²) in [4.78, 5) is -0.380. The Kier molecular flexibility index (Phi) is 5.10. The standard InChI is InChI=1S/C14H14BrFN2O2S/c15-12-3-1-2-11(6-12)9-18-21(19,20)14-5-4-10(8-17)7-13(14)16/h1-7,18H,8-9,17H2. The van der Waals surface area contributed by atoms with Crippen molar-refractivity contribution in [1.82, 2.24) is 4.72 Å². The van der Waals surface area contributed by atoms with Crippen molar-refractivity contribution in [2.24, 2.45) is 5.73 Å². The number of nitrogens with two attached hydrogens (primary N) is 1. The Morgan fingerprint density at radius 3 is 2.52 bits per heavy atom. The van der Waals surface area contributed by atoms with E-state index in [0.29, 0.717) is 5.56 Å². The molecule has 0 bridgehead atoms. The van der Waals surface area contributed by atoms with Gasteiger partial charge in [-0.1, -0.05) is 34.1 Å². The summed E-state index contributed by atoms with van der Waals surface area (Å²) in [6.07, 6.45) is 0. The molecule has 0 amide bonds. The molecule has 21 heavy (non-hydrogen) atoms. The fourth-order valence-electron chi connectivity index (χ4n) is 1.79. The summed E-state index contributed by atoms with van der Waals surface area (Å²) in [6.45, 7) is 0.239. The highest BCUT2D eigenvalue weighted by Gasteiger charge is 2.18. The van der Waals surface area contributed by atoms with Crippen molar-refractivity contribution >= 4 is 26.0 Å². The molecule has 3 N–H and O–H groups in total. The fraction of sp³-hybridized carbons (Fsp3) is 0.143. The zero-order valence-corrected chi connectivity index (χ0v) is 13.4. The van der Waals surface area contributed by atoms with Gasteiger partial charge in [-0.15, -0.1) is 0 Å². The molecule has 0 spiro atoms. The molecule has 0 saturated heterocycles. The van der Waals surface area contributed by atoms with Gasteiger partial charge in [-0.3, -0.25) is 0 Å². The van der Waals surface area contributed by atoms with E-state index < -0.39 is 15.8 Å². The monoisotopic (exact) mass is 372 g/mol. The molecule has 0 saturated carbocycles. The molecule has 0 aliphatic carbocycles. The van der Waals surface area contributed by atoms with E-state index in [1.165, 1.54) is 12.1 Å². The van der Waals surface area contributed by atoms with Gasteiger partial charge < -0.3 is 5.73 Å². The van der Waals surface area contributed by atoms with Crippen LogP contribution in [0.1, 0.15) is 11.1 Å². The molecular formula is C14H14BrFN2O2S. The van der Waals surface area contributed by atoms with Gasteiger partial charge in [0.15, 0.2) is 0 Å². The normalized spacial score (nSPS) is 11.6. The number of benzene rings is 2. The maximum atomic E-state index is 13.8. The first-order valence-electron chi connectivity index (χ1n) is 6.15. The first-order chi connectivity index (χ1) is 9.92. The highest BCUT2D eigenvalue weighted by atomic mass is 79.9. The minimum absolute atomic E-state index is 0.0832. The fourth-order valence-corrected chi connectivity index (χ4v) is 3.31. The zero-order valence-electron chi connectivity index (χ0n) is 11.0. The second-order valence-corrected chi connectivity index (χ2v) is 7.07. The Labute approximate surface area is 131 Å². The zero-order chi connectivity index (χ0) is 15.5. The van der Waals surface area contributed by atoms with Gasteiger partial charge in [0.05, 0.1) is 0 Å². The number of rotatable bonds is 5. The molecule has 0 aliphatic heterocycles. The molecule has 2 aromatic rings. The van der Waals surface area contributed by atoms with Crippen LogP contribution in [-0.2, 0) is 23.1 Å². The SMILES string of the molecule is NCc1ccc(S(=O)(=O)NCc2cccc(Br)c2)c(F)c1. The molecule has 4 nitrogen and oxygen atoms in total. The number of sulfonamides is 1. The minimum atomic E-state index is -3.91. The highest BCUT2D eigenvalue weighted by molar-refractivity contribution is 9.10. The van der Waals surface area contributed by atoms with E-state index >= 15 is 0 Å². The third kappa shape index (κ3) is 4.10. The summed E-state index contributed by atoms with van der Waals surface area (Å²) < 4.78 is 41.3. The second kappa shape index (κ2) is 6.65. The Balaban J connectivity index is 2.19. The smallest absolute Gasteiger partial charge is 0.243 e. The van der Waals surface area contributed by atoms with Gasteiger partial charge in [-0.05, 0) is 35.4 Å². The average molecular weight is 373 g/mol. The third-order valence-corrected chi connectivity index (χ3v) is 4.80. The van der Waals surface area contributed by atoms with E-state index in [0.717, 1.165) is 16.1 Å². The molecule has 0 aliphatic rings. The quantitative estimate of drug-likeness (QED) is 0.846. The highest BCUT2D eigenvalue weighted by Crippen LogP contribution is 2.17. The summed E-state index contributed by atoms with van der Waals surface area (Å²) in [6, 6.07) is 11.1. The van der Waals surface area contributed by atoms with E-state index in [1.54, 1.807) is 18.2 Å². The van der Waals surface area contributed by atoms with E-state index in [4.69, 9.17) is 5.73 Å². The van der Waals surface area contributed by atoms with Crippen molar-refractivity contribution in [3.05, 3.63) is 63.9 Å². The number of hydrogen-bond donors (Lipinski definition) is 2. The van der Waals surface area contributed by atoms with E-state index in [2.05, 4.69) is 20.7 Å². The lowest BCUT2D eigenvalue weighted by molar-refractivity contribution is 0.556. The van der Waals surface area contributed by atoms with Gasteiger partial charge in [-0.2, -0.15) is 0 Å². The first-order valence-corrected chi connectivity index (χ1v) is 8.42. The average Bonchev–Trinajstić information content (AvgIpc) is 2.45. The molecule has 0 fully saturated rings. The summed E-state index contributed by atoms with van der Waals surface area (Å²) >= 11 is 3.31. The summed E-state index contributed by atoms with van der Waals surface area (Å²) in [5.41, 5.74) is 6.70. The van der Waals surface area contributed by atoms with E-state index in [-0.39, 0.29) is 18.0 Å². The van der Waals surface area contributed by atoms with Crippen LogP contribution in [0.4, 0.5) is 4.39 Å². The lowest BCUT2D eigenvalue weighted by Gasteiger charge is -2.09. The number of hydrogen-bond acceptors (Lipinski definition) is 3. The van der Waals surface area contributed by atoms with Gasteiger partial charge in [0.2, 0.25) is 10.0 Å². The van der Waals surface area contributed by atoms with Gasteiger partial charge in [0.1, 0.15) is 10.7 Å². The minimum Gasteiger partial charge on any atom is -0.326 e. The molecule has 0 aromatic heterocycles. The van der Waals surface area contributed by atoms with Crippen molar-refractivity contribution in [1.29, 1.82) is 0 Å². The Morgan fingerprint density at radius 2 is 1.90 bits per heavy atom. The second-order valence-electron chi connectivity index (χ2n) is 4.42. The van der Waals surface area contributed by atoms with Crippen molar-refractivity contribution < 1.29 is 12.8 Å². The largest absolute Gasteiger partial charge is 0.326 e. The van der Waals surface area contributed by atoms with Crippen LogP contribution in [0.5, 0.6) is 0 Å². The maximum Gasteiger partial charge on any atom is 0.243 e. The molecule has 0 atom stereocenters. The summed E-state index contributed by atoms with van der Waals surface area (Å²) in [5.74, 6) is -0.806. The predicted octanol–water partition coefficient (Wildman–Crippen LogP) is 2.53. The molecule has 0 unspecified atom stereocenters. The Morgan fingerprint density at radius 1 is 1.14 bits per heavy atom. The molecular weight excluding hydrogens is 359 g/mol. The van der Waals surface area contributed by atoms with Crippen LogP contribution in [0.15, 0.2) is 51.8 Å². The molecule has 7 heteroatoms. The van der Waals surface area contributed by atoms with Gasteiger partial charge in [-0.25, -0.2) is 17.5 Å². The third-order valence-electron chi connectivity index (χ3n) is 2.88. The van der Waals surface area contributed by atoms with Gasteiger partial charge in [0, 0.05) is 17.6 Å². The maximum absolute atomic E-state index is 13.8. The van der Waals surface area contributed by atoms with Crippen LogP contribution in [0, 0.1) is 5.82 Å². The summed E-state index contributed by atoms with van der Waals surface area (Å²) in [7, 11) is -3.91. The van der Waals surface area contributed by atoms with Crippen molar-refractivity contribution in [3.63, 3.8) is 0 Å². The van der Waals surface area contributed by atoms with Crippen molar-refractivity contribution in [3.8, 4) is 0 Å². The van der Waals surface area contributed by atoms with Crippen LogP contribution in [0.2, 0.25) is 0 Å². The van der Waals surface area contributed by atoms with Crippen LogP contribution in [0.3, 0.4) is 0 Å². The van der Waals surface area contributed by atoms with E-state index in [9.17, 15) is 12.8 Å². The Bertz CT molecular complexity index is 750. The topological polar surface area (TPSA) is 72.2 Å². The first kappa shape index (κ1) is 16.1. The van der Waals surface area contributed by atoms with E-state index in [1.807, 2.05) is 6.07 Å². The molecule has 0 radical (unpaired) electrons. The van der Waals surface area contributed by atoms with Crippen molar-refractivity contribution in [2.45, 2.75) is 18.0 Å². The van der Waals surface area contributed by atoms with Crippen LogP contribution >= 0.6 is 15.9 Å². The molecule has 2 rings (SSSR count). The molecule has 112 valence electrons. The lowest BCUT2D eigenvalue weighted by Crippen LogP contribution is -2.24. The van der Waals surface area contributed by atoms with Crippen molar-refractivity contribution in [2.75, 3.05) is 0 Å². The Hall–Kier alpha value is -1.28. The lowest BCUT2D eigenvalue weighted by atomic mass is 10.2. The molecule has 0 heterocycles. The van der Waals surface area contributed by atoms with Crippen LogP contribution in [-0.4, -0.2) is 8.42 Å². The van der Waals surface area contributed by atoms with Gasteiger partial charge in [0.25, 0.3) is 0 Å². The van der Waals surface area contributed by atoms with Crippen LogP contribution < -0.4 is 10.5 Å².